The fourth-order valence-electron chi connectivity index (χ4n) is 1.77. The van der Waals surface area contributed by atoms with Crippen LogP contribution >= 0.6 is 27.3 Å². The van der Waals surface area contributed by atoms with Gasteiger partial charge in [-0.2, -0.15) is 0 Å². The van der Waals surface area contributed by atoms with Gasteiger partial charge < -0.3 is 10.0 Å². The van der Waals surface area contributed by atoms with Gasteiger partial charge in [0.15, 0.2) is 0 Å². The van der Waals surface area contributed by atoms with E-state index in [0.29, 0.717) is 13.1 Å². The van der Waals surface area contributed by atoms with Crippen LogP contribution in [0.2, 0.25) is 0 Å². The summed E-state index contributed by atoms with van der Waals surface area (Å²) in [6.07, 6.45) is 0. The van der Waals surface area contributed by atoms with Crippen LogP contribution in [0.3, 0.4) is 0 Å². The van der Waals surface area contributed by atoms with Gasteiger partial charge in [0, 0.05) is 18.0 Å². The highest BCUT2D eigenvalue weighted by molar-refractivity contribution is 9.11. The van der Waals surface area contributed by atoms with Crippen LogP contribution in [0.4, 0.5) is 0 Å². The van der Waals surface area contributed by atoms with Gasteiger partial charge in [-0.25, -0.2) is 0 Å². The lowest BCUT2D eigenvalue weighted by Crippen LogP contribution is -2.43. The number of carbonyl (C=O) groups excluding carboxylic acids is 1. The molecule has 0 aliphatic heterocycles. The Hall–Kier alpha value is -0.390. The fourth-order valence-corrected chi connectivity index (χ4v) is 3.24. The van der Waals surface area contributed by atoms with E-state index in [-0.39, 0.29) is 11.8 Å². The third-order valence-electron chi connectivity index (χ3n) is 2.66. The Morgan fingerprint density at radius 3 is 2.56 bits per heavy atom. The van der Waals surface area contributed by atoms with E-state index in [1.165, 1.54) is 0 Å². The highest BCUT2D eigenvalue weighted by atomic mass is 79.9. The van der Waals surface area contributed by atoms with Crippen LogP contribution in [0, 0.1) is 0 Å². The summed E-state index contributed by atoms with van der Waals surface area (Å²) in [5.41, 5.74) is -0.860. The summed E-state index contributed by atoms with van der Waals surface area (Å²) in [4.78, 5) is 15.1. The van der Waals surface area contributed by atoms with E-state index in [1.54, 1.807) is 30.1 Å². The summed E-state index contributed by atoms with van der Waals surface area (Å²) in [5, 5.41) is 9.83. The Morgan fingerprint density at radius 1 is 1.56 bits per heavy atom. The highest BCUT2D eigenvalue weighted by Gasteiger charge is 2.26. The summed E-state index contributed by atoms with van der Waals surface area (Å²) in [7, 11) is 0. The van der Waals surface area contributed by atoms with Crippen molar-refractivity contribution in [2.24, 2.45) is 0 Å². The van der Waals surface area contributed by atoms with Crippen LogP contribution in [-0.2, 0) is 4.79 Å². The number of hydrogen-bond donors (Lipinski definition) is 1. The van der Waals surface area contributed by atoms with Crippen LogP contribution in [0.25, 0.3) is 0 Å². The zero-order valence-electron chi connectivity index (χ0n) is 11.2. The van der Waals surface area contributed by atoms with Crippen molar-refractivity contribution in [3.63, 3.8) is 0 Å². The predicted octanol–water partition coefficient (Wildman–Crippen LogP) is 3.23. The minimum atomic E-state index is -0.860. The van der Waals surface area contributed by atoms with Crippen molar-refractivity contribution in [3.8, 4) is 0 Å². The molecule has 3 nitrogen and oxygen atoms in total. The number of aliphatic hydroxyl groups is 1. The van der Waals surface area contributed by atoms with E-state index < -0.39 is 5.60 Å². The largest absolute Gasteiger partial charge is 0.389 e. The van der Waals surface area contributed by atoms with Crippen molar-refractivity contribution in [2.75, 3.05) is 13.1 Å². The highest BCUT2D eigenvalue weighted by Crippen LogP contribution is 2.29. The molecule has 0 aliphatic rings. The summed E-state index contributed by atoms with van der Waals surface area (Å²) in [6.45, 7) is 8.25. The molecule has 0 spiro atoms. The number of thiophene rings is 1. The number of halogens is 1. The molecular formula is C13H20BrNO2S. The Kier molecular flexibility index (Phi) is 5.37. The molecule has 0 bridgehead atoms. The number of amides is 1. The molecule has 18 heavy (non-hydrogen) atoms. The molecule has 0 aromatic carbocycles. The SMILES string of the molecule is CCN(CC(C)(C)O)C(=O)C(C)c1ccc(Br)s1. The summed E-state index contributed by atoms with van der Waals surface area (Å²) >= 11 is 4.98. The monoisotopic (exact) mass is 333 g/mol. The van der Waals surface area contributed by atoms with Gasteiger partial charge in [0.2, 0.25) is 5.91 Å². The Morgan fingerprint density at radius 2 is 2.17 bits per heavy atom. The molecule has 102 valence electrons. The minimum absolute atomic E-state index is 0.0639. The number of nitrogens with zero attached hydrogens (tertiary/aromatic N) is 1. The lowest BCUT2D eigenvalue weighted by Gasteiger charge is -2.30. The molecule has 1 heterocycles. The molecule has 5 heteroatoms. The van der Waals surface area contributed by atoms with Crippen LogP contribution in [0.5, 0.6) is 0 Å². The second-order valence-corrected chi connectivity index (χ2v) is 7.52. The third-order valence-corrected chi connectivity index (χ3v) is 4.47. The van der Waals surface area contributed by atoms with E-state index in [9.17, 15) is 9.90 Å². The first-order valence-corrected chi connectivity index (χ1v) is 7.62. The van der Waals surface area contributed by atoms with E-state index in [2.05, 4.69) is 15.9 Å². The number of rotatable bonds is 5. The van der Waals surface area contributed by atoms with Crippen molar-refractivity contribution < 1.29 is 9.90 Å². The van der Waals surface area contributed by atoms with Gasteiger partial charge in [-0.1, -0.05) is 0 Å². The van der Waals surface area contributed by atoms with Crippen LogP contribution < -0.4 is 0 Å². The average Bonchev–Trinajstić information content (AvgIpc) is 2.69. The zero-order valence-corrected chi connectivity index (χ0v) is 13.6. The maximum Gasteiger partial charge on any atom is 0.230 e. The minimum Gasteiger partial charge on any atom is -0.389 e. The smallest absolute Gasteiger partial charge is 0.230 e. The first-order valence-electron chi connectivity index (χ1n) is 6.01. The second kappa shape index (κ2) is 6.17. The maximum atomic E-state index is 12.4. The maximum absolute atomic E-state index is 12.4. The number of carbonyl (C=O) groups is 1. The van der Waals surface area contributed by atoms with Gasteiger partial charge in [0.05, 0.1) is 15.3 Å². The average molecular weight is 334 g/mol. The molecule has 1 N–H and O–H groups in total. The molecule has 0 saturated carbocycles. The molecule has 1 aromatic heterocycles. The molecule has 1 atom stereocenters. The van der Waals surface area contributed by atoms with Gasteiger partial charge in [0.1, 0.15) is 0 Å². The lowest BCUT2D eigenvalue weighted by atomic mass is 10.1. The summed E-state index contributed by atoms with van der Waals surface area (Å²) in [6, 6.07) is 3.92. The standard InChI is InChI=1S/C13H20BrNO2S/c1-5-15(8-13(3,4)17)12(16)9(2)10-6-7-11(14)18-10/h6-7,9,17H,5,8H2,1-4H3. The van der Waals surface area contributed by atoms with Gasteiger partial charge in [-0.05, 0) is 55.8 Å². The van der Waals surface area contributed by atoms with Crippen molar-refractivity contribution in [3.05, 3.63) is 20.8 Å². The number of likely N-dealkylation sites (N-methyl/N-ethyl adjacent to an activating group) is 1. The van der Waals surface area contributed by atoms with Crippen molar-refractivity contribution in [2.45, 2.75) is 39.2 Å². The van der Waals surface area contributed by atoms with Crippen molar-refractivity contribution >= 4 is 33.2 Å². The first kappa shape index (κ1) is 15.7. The first-order chi connectivity index (χ1) is 8.24. The molecule has 1 rings (SSSR count). The normalized spacial score (nSPS) is 13.4. The molecule has 0 radical (unpaired) electrons. The molecule has 1 amide bonds. The van der Waals surface area contributed by atoms with E-state index in [4.69, 9.17) is 0 Å². The van der Waals surface area contributed by atoms with Crippen molar-refractivity contribution in [1.82, 2.24) is 4.90 Å². The third kappa shape index (κ3) is 4.37. The molecule has 1 unspecified atom stereocenters. The molecule has 0 saturated heterocycles. The van der Waals surface area contributed by atoms with Crippen LogP contribution in [-0.4, -0.2) is 34.6 Å². The van der Waals surface area contributed by atoms with E-state index >= 15 is 0 Å². The zero-order chi connectivity index (χ0) is 13.9. The topological polar surface area (TPSA) is 40.5 Å². The Labute approximate surface area is 121 Å². The summed E-state index contributed by atoms with van der Waals surface area (Å²) < 4.78 is 1.03. The Balaban J connectivity index is 2.78. The van der Waals surface area contributed by atoms with Gasteiger partial charge in [-0.3, -0.25) is 4.79 Å². The second-order valence-electron chi connectivity index (χ2n) is 5.03. The number of hydrogen-bond acceptors (Lipinski definition) is 3. The van der Waals surface area contributed by atoms with E-state index in [1.807, 2.05) is 26.0 Å². The van der Waals surface area contributed by atoms with Crippen molar-refractivity contribution in [1.29, 1.82) is 0 Å². The Bertz CT molecular complexity index is 411. The molecule has 1 aromatic rings. The summed E-state index contributed by atoms with van der Waals surface area (Å²) in [5.74, 6) is -0.0995. The predicted molar refractivity (Wildman–Crippen MR) is 79.0 cm³/mol. The van der Waals surface area contributed by atoms with Gasteiger partial charge in [-0.15, -0.1) is 11.3 Å². The lowest BCUT2D eigenvalue weighted by molar-refractivity contribution is -0.135. The quantitative estimate of drug-likeness (QED) is 0.898. The fraction of sp³-hybridized carbons (Fsp3) is 0.615. The van der Waals surface area contributed by atoms with E-state index in [0.717, 1.165) is 8.66 Å². The van der Waals surface area contributed by atoms with Gasteiger partial charge >= 0.3 is 0 Å². The molecular weight excluding hydrogens is 314 g/mol. The molecule has 0 aliphatic carbocycles. The van der Waals surface area contributed by atoms with Crippen LogP contribution in [0.1, 0.15) is 38.5 Å². The van der Waals surface area contributed by atoms with Crippen LogP contribution in [0.15, 0.2) is 15.9 Å². The molecule has 0 fully saturated rings. The van der Waals surface area contributed by atoms with Gasteiger partial charge in [0.25, 0.3) is 0 Å².